The first kappa shape index (κ1) is 28.7. The molecule has 2 amide bonds. The van der Waals surface area contributed by atoms with E-state index >= 15 is 0 Å². The fourth-order valence-electron chi connectivity index (χ4n) is 6.22. The lowest BCUT2D eigenvalue weighted by Crippen LogP contribution is -2.36. The SMILES string of the molecule is CN(C)CCNC(=O)OC1CCC(Nc2cc(-c3c4n(c5ccccc35)C(=O)CC(C)(C)C4)ccc2C(N)=O)CC1. The van der Waals surface area contributed by atoms with Crippen LogP contribution in [0, 0.1) is 5.41 Å². The standard InChI is InChI=1S/C32H41N5O4/c1-32(2)18-27-29(24-7-5-6-8-26(24)37(27)28(38)19-32)20-9-14-23(30(33)39)25(17-20)35-21-10-12-22(13-11-21)41-31(40)34-15-16-36(3)4/h5-9,14,17,21-22,35H,10-13,15-16,18-19H2,1-4H3,(H2,33,39)(H,34,40). The van der Waals surface area contributed by atoms with Crippen LogP contribution in [-0.4, -0.2) is 66.7 Å². The van der Waals surface area contributed by atoms with Crippen LogP contribution in [0.1, 0.15) is 66.8 Å². The Hall–Kier alpha value is -3.85. The summed E-state index contributed by atoms with van der Waals surface area (Å²) in [5.41, 5.74) is 10.6. The molecule has 5 rings (SSSR count). The van der Waals surface area contributed by atoms with Crippen molar-refractivity contribution >= 4 is 34.5 Å². The first-order valence-corrected chi connectivity index (χ1v) is 14.5. The van der Waals surface area contributed by atoms with Crippen molar-refractivity contribution in [3.05, 3.63) is 53.7 Å². The molecule has 2 heterocycles. The van der Waals surface area contributed by atoms with Crippen molar-refractivity contribution in [1.29, 1.82) is 0 Å². The van der Waals surface area contributed by atoms with E-state index in [9.17, 15) is 14.4 Å². The Morgan fingerprint density at radius 2 is 1.80 bits per heavy atom. The number of anilines is 1. The summed E-state index contributed by atoms with van der Waals surface area (Å²) in [6.45, 7) is 5.56. The zero-order valence-corrected chi connectivity index (χ0v) is 24.5. The maximum Gasteiger partial charge on any atom is 0.407 e. The van der Waals surface area contributed by atoms with Crippen molar-refractivity contribution in [2.24, 2.45) is 11.1 Å². The van der Waals surface area contributed by atoms with Crippen LogP contribution in [0.15, 0.2) is 42.5 Å². The molecule has 1 aliphatic heterocycles. The summed E-state index contributed by atoms with van der Waals surface area (Å²) < 4.78 is 7.50. The van der Waals surface area contributed by atoms with E-state index in [0.29, 0.717) is 24.2 Å². The number of aromatic nitrogens is 1. The van der Waals surface area contributed by atoms with Gasteiger partial charge >= 0.3 is 6.09 Å². The largest absolute Gasteiger partial charge is 0.446 e. The van der Waals surface area contributed by atoms with Gasteiger partial charge in [-0.15, -0.1) is 0 Å². The highest BCUT2D eigenvalue weighted by Crippen LogP contribution is 2.43. The summed E-state index contributed by atoms with van der Waals surface area (Å²) in [6, 6.07) is 13.8. The highest BCUT2D eigenvalue weighted by molar-refractivity contribution is 6.06. The number of benzene rings is 2. The Morgan fingerprint density at radius 3 is 2.51 bits per heavy atom. The Morgan fingerprint density at radius 1 is 1.07 bits per heavy atom. The van der Waals surface area contributed by atoms with Gasteiger partial charge in [0.2, 0.25) is 5.91 Å². The fourth-order valence-corrected chi connectivity index (χ4v) is 6.22. The highest BCUT2D eigenvalue weighted by Gasteiger charge is 2.35. The van der Waals surface area contributed by atoms with Gasteiger partial charge in [-0.2, -0.15) is 0 Å². The number of rotatable bonds is 8. The molecule has 4 N–H and O–H groups in total. The van der Waals surface area contributed by atoms with Gasteiger partial charge < -0.3 is 26.0 Å². The van der Waals surface area contributed by atoms with E-state index in [1.807, 2.05) is 53.9 Å². The quantitative estimate of drug-likeness (QED) is 0.356. The van der Waals surface area contributed by atoms with Gasteiger partial charge in [-0.25, -0.2) is 4.79 Å². The molecule has 0 radical (unpaired) electrons. The summed E-state index contributed by atoms with van der Waals surface area (Å²) in [4.78, 5) is 39.8. The number of nitrogens with one attached hydrogen (secondary N) is 2. The number of nitrogens with two attached hydrogens (primary N) is 1. The van der Waals surface area contributed by atoms with Crippen molar-refractivity contribution in [3.63, 3.8) is 0 Å². The van der Waals surface area contributed by atoms with Crippen molar-refractivity contribution in [2.45, 2.75) is 64.5 Å². The average Bonchev–Trinajstić information content (AvgIpc) is 3.22. The second-order valence-corrected chi connectivity index (χ2v) is 12.5. The molecule has 9 nitrogen and oxygen atoms in total. The van der Waals surface area contributed by atoms with Crippen LogP contribution in [-0.2, 0) is 11.2 Å². The van der Waals surface area contributed by atoms with Crippen LogP contribution in [0.3, 0.4) is 0 Å². The number of para-hydroxylation sites is 1. The summed E-state index contributed by atoms with van der Waals surface area (Å²) in [7, 11) is 3.91. The Labute approximate surface area is 241 Å². The third-order valence-corrected chi connectivity index (χ3v) is 8.21. The van der Waals surface area contributed by atoms with Gasteiger partial charge in [0.1, 0.15) is 6.10 Å². The molecule has 3 aromatic rings. The minimum atomic E-state index is -0.495. The van der Waals surface area contributed by atoms with E-state index in [1.165, 1.54) is 0 Å². The molecule has 9 heteroatoms. The first-order chi connectivity index (χ1) is 19.5. The van der Waals surface area contributed by atoms with E-state index < -0.39 is 5.91 Å². The zero-order chi connectivity index (χ0) is 29.3. The van der Waals surface area contributed by atoms with Gasteiger partial charge in [-0.05, 0) is 75.4 Å². The first-order valence-electron chi connectivity index (χ1n) is 14.5. The maximum absolute atomic E-state index is 13.3. The minimum Gasteiger partial charge on any atom is -0.446 e. The predicted molar refractivity (Wildman–Crippen MR) is 161 cm³/mol. The van der Waals surface area contributed by atoms with Gasteiger partial charge in [0.15, 0.2) is 0 Å². The third kappa shape index (κ3) is 6.25. The number of likely N-dealkylation sites (N-methyl/N-ethyl adjacent to an activating group) is 1. The molecule has 0 spiro atoms. The van der Waals surface area contributed by atoms with Crippen LogP contribution < -0.4 is 16.4 Å². The van der Waals surface area contributed by atoms with Gasteiger partial charge in [0.05, 0.1) is 11.1 Å². The van der Waals surface area contributed by atoms with E-state index in [4.69, 9.17) is 10.5 Å². The molecular weight excluding hydrogens is 518 g/mol. The van der Waals surface area contributed by atoms with Crippen molar-refractivity contribution < 1.29 is 19.1 Å². The normalized spacial score (nSPS) is 20.1. The molecule has 0 atom stereocenters. The number of hydrogen-bond acceptors (Lipinski definition) is 6. The Balaban J connectivity index is 1.37. The van der Waals surface area contributed by atoms with Crippen LogP contribution in [0.25, 0.3) is 22.0 Å². The number of hydrogen-bond donors (Lipinski definition) is 3. The molecule has 218 valence electrons. The molecule has 41 heavy (non-hydrogen) atoms. The van der Waals surface area contributed by atoms with Crippen LogP contribution >= 0.6 is 0 Å². The van der Waals surface area contributed by atoms with Crippen LogP contribution in [0.5, 0.6) is 0 Å². The number of amides is 2. The number of fused-ring (bicyclic) bond motifs is 3. The lowest BCUT2D eigenvalue weighted by Gasteiger charge is -2.31. The van der Waals surface area contributed by atoms with Crippen molar-refractivity contribution in [3.8, 4) is 11.1 Å². The van der Waals surface area contributed by atoms with Crippen LogP contribution in [0.2, 0.25) is 0 Å². The number of nitrogens with zero attached hydrogens (tertiary/aromatic N) is 2. The molecule has 0 unspecified atom stereocenters. The Bertz CT molecular complexity index is 1470. The Kier molecular flexibility index (Phi) is 8.09. The second-order valence-electron chi connectivity index (χ2n) is 12.5. The van der Waals surface area contributed by atoms with Crippen molar-refractivity contribution in [1.82, 2.24) is 14.8 Å². The topological polar surface area (TPSA) is 119 Å². The lowest BCUT2D eigenvalue weighted by molar-refractivity contribution is 0.0728. The minimum absolute atomic E-state index is 0.108. The number of carbonyl (C=O) groups is 3. The highest BCUT2D eigenvalue weighted by atomic mass is 16.6. The number of alkyl carbamates (subject to hydrolysis) is 1. The van der Waals surface area contributed by atoms with E-state index in [0.717, 1.165) is 66.4 Å². The fraction of sp³-hybridized carbons (Fsp3) is 0.469. The van der Waals surface area contributed by atoms with Gasteiger partial charge in [-0.1, -0.05) is 38.1 Å². The molecule has 1 aliphatic carbocycles. The van der Waals surface area contributed by atoms with Crippen LogP contribution in [0.4, 0.5) is 10.5 Å². The number of carbonyl (C=O) groups excluding carboxylic acids is 3. The van der Waals surface area contributed by atoms with Gasteiger partial charge in [-0.3, -0.25) is 14.2 Å². The van der Waals surface area contributed by atoms with E-state index in [-0.39, 0.29) is 29.6 Å². The third-order valence-electron chi connectivity index (χ3n) is 8.21. The molecule has 2 aromatic carbocycles. The number of ether oxygens (including phenoxy) is 1. The molecule has 1 aromatic heterocycles. The monoisotopic (exact) mass is 559 g/mol. The summed E-state index contributed by atoms with van der Waals surface area (Å²) >= 11 is 0. The molecule has 0 bridgehead atoms. The smallest absolute Gasteiger partial charge is 0.407 e. The summed E-state index contributed by atoms with van der Waals surface area (Å²) in [5, 5.41) is 7.39. The van der Waals surface area contributed by atoms with Crippen molar-refractivity contribution in [2.75, 3.05) is 32.5 Å². The molecule has 1 saturated carbocycles. The molecule has 2 aliphatic rings. The van der Waals surface area contributed by atoms with E-state index in [1.54, 1.807) is 6.07 Å². The molecule has 0 saturated heterocycles. The van der Waals surface area contributed by atoms with Gasteiger partial charge in [0.25, 0.3) is 5.91 Å². The van der Waals surface area contributed by atoms with Gasteiger partial charge in [0, 0.05) is 47.9 Å². The summed E-state index contributed by atoms with van der Waals surface area (Å²) in [6.07, 6.45) is 3.83. The predicted octanol–water partition coefficient (Wildman–Crippen LogP) is 5.03. The summed E-state index contributed by atoms with van der Waals surface area (Å²) in [5.74, 6) is -0.387. The number of primary amides is 1. The average molecular weight is 560 g/mol. The lowest BCUT2D eigenvalue weighted by atomic mass is 9.80. The maximum atomic E-state index is 13.3. The molecule has 1 fully saturated rings. The second kappa shape index (κ2) is 11.6. The van der Waals surface area contributed by atoms with E-state index in [2.05, 4.69) is 30.5 Å². The molecular formula is C32H41N5O4. The zero-order valence-electron chi connectivity index (χ0n) is 24.5.